The molecule has 0 aliphatic carbocycles. The summed E-state index contributed by atoms with van der Waals surface area (Å²) in [5.74, 6) is 0.855. The lowest BCUT2D eigenvalue weighted by molar-refractivity contribution is -0.132. The number of piperazine rings is 1. The van der Waals surface area contributed by atoms with Gasteiger partial charge in [0.1, 0.15) is 0 Å². The van der Waals surface area contributed by atoms with Crippen LogP contribution in [0.3, 0.4) is 0 Å². The summed E-state index contributed by atoms with van der Waals surface area (Å²) in [5, 5.41) is 5.12. The average molecular weight is 505 g/mol. The average Bonchev–Trinajstić information content (AvgIpc) is 3.12. The minimum Gasteiger partial charge on any atom is -0.481 e. The standard InChI is InChI=1S/C28H36N6O3/c1-5-26(35)33-12-10-32(11-13-33)20(3)24-17-21(6-9-29-24)27-23-7-14-37-15-8-25(23)34(31-27)22-16-19(2)28(36-4)30-18-22/h6,9,16-18,20H,5,7-8,10-15H2,1-4H3/t20-/m1/s1. The Morgan fingerprint density at radius 3 is 2.65 bits per heavy atom. The molecule has 0 spiro atoms. The summed E-state index contributed by atoms with van der Waals surface area (Å²) < 4.78 is 13.2. The number of ether oxygens (including phenoxy) is 2. The van der Waals surface area contributed by atoms with Crippen LogP contribution < -0.4 is 4.74 Å². The van der Waals surface area contributed by atoms with Crippen molar-refractivity contribution in [3.05, 3.63) is 53.1 Å². The quantitative estimate of drug-likeness (QED) is 0.509. The number of hydrogen-bond acceptors (Lipinski definition) is 7. The summed E-state index contributed by atoms with van der Waals surface area (Å²) in [6, 6.07) is 6.43. The van der Waals surface area contributed by atoms with E-state index in [4.69, 9.17) is 19.6 Å². The number of methoxy groups -OCH3 is 1. The Morgan fingerprint density at radius 2 is 1.92 bits per heavy atom. The molecule has 0 saturated carbocycles. The van der Waals surface area contributed by atoms with Crippen molar-refractivity contribution in [3.63, 3.8) is 0 Å². The highest BCUT2D eigenvalue weighted by atomic mass is 16.5. The molecular formula is C28H36N6O3. The summed E-state index contributed by atoms with van der Waals surface area (Å²) in [7, 11) is 1.64. The number of rotatable bonds is 6. The Hall–Kier alpha value is -3.30. The molecule has 1 amide bonds. The second kappa shape index (κ2) is 11.0. The minimum atomic E-state index is 0.149. The molecule has 0 unspecified atom stereocenters. The van der Waals surface area contributed by atoms with Gasteiger partial charge in [0.2, 0.25) is 11.8 Å². The van der Waals surface area contributed by atoms with Crippen LogP contribution in [0.4, 0.5) is 0 Å². The van der Waals surface area contributed by atoms with Gasteiger partial charge in [-0.05, 0) is 38.5 Å². The van der Waals surface area contributed by atoms with Gasteiger partial charge < -0.3 is 14.4 Å². The van der Waals surface area contributed by atoms with Crippen LogP contribution in [0.25, 0.3) is 16.9 Å². The maximum atomic E-state index is 12.1. The molecule has 196 valence electrons. The van der Waals surface area contributed by atoms with Crippen LogP contribution in [-0.2, 0) is 22.4 Å². The summed E-state index contributed by atoms with van der Waals surface area (Å²) in [6.45, 7) is 10.7. The van der Waals surface area contributed by atoms with E-state index in [1.54, 1.807) is 7.11 Å². The molecule has 0 aromatic carbocycles. The minimum absolute atomic E-state index is 0.149. The number of hydrogen-bond donors (Lipinski definition) is 0. The van der Waals surface area contributed by atoms with Gasteiger partial charge in [0.15, 0.2) is 0 Å². The number of amides is 1. The van der Waals surface area contributed by atoms with Crippen LogP contribution in [0, 0.1) is 6.92 Å². The monoisotopic (exact) mass is 504 g/mol. The molecule has 1 saturated heterocycles. The van der Waals surface area contributed by atoms with E-state index >= 15 is 0 Å². The molecule has 9 heteroatoms. The maximum absolute atomic E-state index is 12.1. The predicted molar refractivity (Wildman–Crippen MR) is 141 cm³/mol. The number of aryl methyl sites for hydroxylation is 1. The lowest BCUT2D eigenvalue weighted by atomic mass is 10.0. The molecule has 3 aromatic rings. The number of nitrogens with zero attached hydrogens (tertiary/aromatic N) is 6. The van der Waals surface area contributed by atoms with Gasteiger partial charge in [-0.1, -0.05) is 6.92 Å². The van der Waals surface area contributed by atoms with Crippen molar-refractivity contribution in [1.29, 1.82) is 0 Å². The molecule has 5 rings (SSSR count). The lowest BCUT2D eigenvalue weighted by Crippen LogP contribution is -2.49. The summed E-state index contributed by atoms with van der Waals surface area (Å²) in [6.07, 6.45) is 5.87. The maximum Gasteiger partial charge on any atom is 0.222 e. The predicted octanol–water partition coefficient (Wildman–Crippen LogP) is 3.38. The molecule has 9 nitrogen and oxygen atoms in total. The third-order valence-corrected chi connectivity index (χ3v) is 7.52. The molecule has 0 N–H and O–H groups in total. The molecule has 2 aliphatic heterocycles. The lowest BCUT2D eigenvalue weighted by Gasteiger charge is -2.37. The largest absolute Gasteiger partial charge is 0.481 e. The Balaban J connectivity index is 1.46. The first kappa shape index (κ1) is 25.4. The number of fused-ring (bicyclic) bond motifs is 1. The van der Waals surface area contributed by atoms with E-state index in [1.807, 2.05) is 41.9 Å². The molecule has 0 bridgehead atoms. The molecule has 2 aliphatic rings. The van der Waals surface area contributed by atoms with Crippen molar-refractivity contribution in [2.75, 3.05) is 46.5 Å². The summed E-state index contributed by atoms with van der Waals surface area (Å²) in [4.78, 5) is 25.7. The van der Waals surface area contributed by atoms with E-state index in [0.717, 1.165) is 67.2 Å². The molecular weight excluding hydrogens is 468 g/mol. The van der Waals surface area contributed by atoms with Crippen molar-refractivity contribution in [2.24, 2.45) is 0 Å². The molecule has 37 heavy (non-hydrogen) atoms. The normalized spacial score (nSPS) is 17.2. The van der Waals surface area contributed by atoms with E-state index in [1.165, 1.54) is 11.3 Å². The van der Waals surface area contributed by atoms with Crippen LogP contribution in [0.15, 0.2) is 30.6 Å². The summed E-state index contributed by atoms with van der Waals surface area (Å²) >= 11 is 0. The smallest absolute Gasteiger partial charge is 0.222 e. The number of pyridine rings is 2. The molecule has 1 atom stereocenters. The van der Waals surface area contributed by atoms with Gasteiger partial charge >= 0.3 is 0 Å². The zero-order chi connectivity index (χ0) is 25.9. The van der Waals surface area contributed by atoms with Crippen LogP contribution in [0.5, 0.6) is 5.88 Å². The van der Waals surface area contributed by atoms with Gasteiger partial charge in [0.05, 0.1) is 49.3 Å². The Morgan fingerprint density at radius 1 is 1.14 bits per heavy atom. The Bertz CT molecular complexity index is 1260. The first-order chi connectivity index (χ1) is 18.0. The highest BCUT2D eigenvalue weighted by Crippen LogP contribution is 2.32. The van der Waals surface area contributed by atoms with E-state index in [2.05, 4.69) is 28.9 Å². The number of aromatic nitrogens is 4. The van der Waals surface area contributed by atoms with Gasteiger partial charge in [0.25, 0.3) is 0 Å². The van der Waals surface area contributed by atoms with Crippen molar-refractivity contribution < 1.29 is 14.3 Å². The Kier molecular flexibility index (Phi) is 7.53. The molecule has 0 radical (unpaired) electrons. The van der Waals surface area contributed by atoms with Crippen molar-refractivity contribution in [3.8, 4) is 22.8 Å². The number of carbonyl (C=O) groups excluding carboxylic acids is 1. The van der Waals surface area contributed by atoms with Gasteiger partial charge in [-0.3, -0.25) is 14.7 Å². The Labute approximate surface area is 218 Å². The van der Waals surface area contributed by atoms with E-state index in [-0.39, 0.29) is 11.9 Å². The fourth-order valence-electron chi connectivity index (χ4n) is 5.37. The highest BCUT2D eigenvalue weighted by Gasteiger charge is 2.26. The van der Waals surface area contributed by atoms with Crippen LogP contribution in [0.2, 0.25) is 0 Å². The number of carbonyl (C=O) groups is 1. The van der Waals surface area contributed by atoms with Gasteiger partial charge in [-0.25, -0.2) is 9.67 Å². The van der Waals surface area contributed by atoms with Crippen molar-refractivity contribution in [2.45, 2.75) is 46.1 Å². The second-order valence-corrected chi connectivity index (χ2v) is 9.73. The SMILES string of the molecule is CCC(=O)N1CCN([C@H](C)c2cc(-c3nn(-c4cnc(OC)c(C)c4)c4c3CCOCC4)ccn2)CC1. The van der Waals surface area contributed by atoms with Crippen LogP contribution in [-0.4, -0.2) is 82.0 Å². The fourth-order valence-corrected chi connectivity index (χ4v) is 5.37. The zero-order valence-electron chi connectivity index (χ0n) is 22.2. The van der Waals surface area contributed by atoms with E-state index in [0.29, 0.717) is 25.5 Å². The van der Waals surface area contributed by atoms with E-state index < -0.39 is 0 Å². The van der Waals surface area contributed by atoms with Gasteiger partial charge in [-0.15, -0.1) is 0 Å². The van der Waals surface area contributed by atoms with Crippen LogP contribution >= 0.6 is 0 Å². The fraction of sp³-hybridized carbons (Fsp3) is 0.500. The molecule has 1 fully saturated rings. The molecule has 3 aromatic heterocycles. The van der Waals surface area contributed by atoms with Crippen molar-refractivity contribution >= 4 is 5.91 Å². The second-order valence-electron chi connectivity index (χ2n) is 9.73. The first-order valence-electron chi connectivity index (χ1n) is 13.2. The molecule has 5 heterocycles. The van der Waals surface area contributed by atoms with E-state index in [9.17, 15) is 4.79 Å². The topological polar surface area (TPSA) is 85.6 Å². The third kappa shape index (κ3) is 5.10. The third-order valence-electron chi connectivity index (χ3n) is 7.52. The highest BCUT2D eigenvalue weighted by molar-refractivity contribution is 5.75. The van der Waals surface area contributed by atoms with Gasteiger partial charge in [-0.2, -0.15) is 5.10 Å². The zero-order valence-corrected chi connectivity index (χ0v) is 22.2. The van der Waals surface area contributed by atoms with Crippen molar-refractivity contribution in [1.82, 2.24) is 29.5 Å². The van der Waals surface area contributed by atoms with Gasteiger partial charge in [0, 0.05) is 67.9 Å². The van der Waals surface area contributed by atoms with Crippen LogP contribution in [0.1, 0.15) is 48.8 Å². The summed E-state index contributed by atoms with van der Waals surface area (Å²) in [5.41, 5.74) is 7.34. The first-order valence-corrected chi connectivity index (χ1v) is 13.2.